The van der Waals surface area contributed by atoms with E-state index in [0.717, 1.165) is 23.8 Å². The van der Waals surface area contributed by atoms with Gasteiger partial charge in [0.2, 0.25) is 0 Å². The second-order valence-electron chi connectivity index (χ2n) is 8.74. The van der Waals surface area contributed by atoms with Gasteiger partial charge in [-0.15, -0.1) is 0 Å². The molecule has 0 bridgehead atoms. The first kappa shape index (κ1) is 27.1. The average molecular weight is 530 g/mol. The number of nitrogens with one attached hydrogen (secondary N) is 1. The molecule has 0 fully saturated rings. The van der Waals surface area contributed by atoms with E-state index in [-0.39, 0.29) is 42.7 Å². The van der Waals surface area contributed by atoms with Crippen LogP contribution in [0, 0.1) is 11.6 Å². The fourth-order valence-electron chi connectivity index (χ4n) is 4.14. The predicted octanol–water partition coefficient (Wildman–Crippen LogP) is 5.07. The van der Waals surface area contributed by atoms with E-state index < -0.39 is 29.4 Å². The monoisotopic (exact) mass is 529 g/mol. The Balaban J connectivity index is 1.64. The van der Waals surface area contributed by atoms with E-state index >= 15 is 0 Å². The first-order valence-corrected chi connectivity index (χ1v) is 12.1. The number of rotatable bonds is 10. The van der Waals surface area contributed by atoms with Crippen LogP contribution in [0.15, 0.2) is 91.3 Å². The molecule has 0 radical (unpaired) electrons. The number of hydrogen-bond acceptors (Lipinski definition) is 4. The van der Waals surface area contributed by atoms with Crippen LogP contribution in [0.1, 0.15) is 38.3 Å². The average Bonchev–Trinajstić information content (AvgIpc) is 2.95. The zero-order valence-corrected chi connectivity index (χ0v) is 20.8. The van der Waals surface area contributed by atoms with E-state index in [4.69, 9.17) is 0 Å². The summed E-state index contributed by atoms with van der Waals surface area (Å²) in [5.74, 6) is -3.24. The van der Waals surface area contributed by atoms with Gasteiger partial charge in [0, 0.05) is 48.7 Å². The molecule has 2 N–H and O–H groups in total. The minimum absolute atomic E-state index is 0.000818. The van der Waals surface area contributed by atoms with Crippen LogP contribution in [-0.2, 0) is 17.9 Å². The molecular weight excluding hydrogens is 504 g/mol. The summed E-state index contributed by atoms with van der Waals surface area (Å²) in [6.07, 6.45) is 2.96. The van der Waals surface area contributed by atoms with Crippen LogP contribution < -0.4 is 5.32 Å². The molecule has 3 aromatic carbocycles. The van der Waals surface area contributed by atoms with Crippen molar-refractivity contribution in [2.75, 3.05) is 6.54 Å². The van der Waals surface area contributed by atoms with Gasteiger partial charge in [0.05, 0.1) is 6.42 Å². The largest absolute Gasteiger partial charge is 0.481 e. The van der Waals surface area contributed by atoms with Crippen LogP contribution in [0.4, 0.5) is 8.78 Å². The highest BCUT2D eigenvalue weighted by Gasteiger charge is 2.23. The van der Waals surface area contributed by atoms with Gasteiger partial charge >= 0.3 is 5.97 Å². The summed E-state index contributed by atoms with van der Waals surface area (Å²) in [6.45, 7) is -0.111. The quantitative estimate of drug-likeness (QED) is 0.299. The fraction of sp³-hybridized carbons (Fsp3) is 0.133. The number of hydrogen-bond donors (Lipinski definition) is 2. The normalized spacial score (nSPS) is 10.6. The molecule has 2 amide bonds. The molecular formula is C30H25F2N3O4. The van der Waals surface area contributed by atoms with Crippen molar-refractivity contribution in [1.82, 2.24) is 15.2 Å². The smallest absolute Gasteiger partial charge is 0.305 e. The Hall–Kier alpha value is -4.92. The Labute approximate surface area is 223 Å². The number of amides is 2. The fourth-order valence-corrected chi connectivity index (χ4v) is 4.14. The molecule has 0 atom stereocenters. The van der Waals surface area contributed by atoms with E-state index in [0.29, 0.717) is 11.1 Å². The highest BCUT2D eigenvalue weighted by atomic mass is 19.1. The number of aliphatic carboxylic acids is 1. The molecule has 4 rings (SSSR count). The third kappa shape index (κ3) is 6.89. The molecule has 9 heteroatoms. The highest BCUT2D eigenvalue weighted by Crippen LogP contribution is 2.29. The molecule has 39 heavy (non-hydrogen) atoms. The van der Waals surface area contributed by atoms with Crippen LogP contribution in [0.25, 0.3) is 11.1 Å². The van der Waals surface area contributed by atoms with E-state index in [1.54, 1.807) is 73.1 Å². The Bertz CT molecular complexity index is 1490. The first-order valence-electron chi connectivity index (χ1n) is 12.1. The number of pyridine rings is 1. The third-order valence-electron chi connectivity index (χ3n) is 6.05. The molecule has 198 valence electrons. The van der Waals surface area contributed by atoms with Crippen molar-refractivity contribution in [1.29, 1.82) is 0 Å². The van der Waals surface area contributed by atoms with Gasteiger partial charge in [-0.2, -0.15) is 0 Å². The summed E-state index contributed by atoms with van der Waals surface area (Å²) in [6, 6.07) is 19.9. The van der Waals surface area contributed by atoms with E-state index in [1.165, 1.54) is 4.90 Å². The maximum absolute atomic E-state index is 14.1. The van der Waals surface area contributed by atoms with Crippen molar-refractivity contribution in [2.24, 2.45) is 0 Å². The summed E-state index contributed by atoms with van der Waals surface area (Å²) >= 11 is 0. The molecule has 0 aliphatic rings. The third-order valence-corrected chi connectivity index (χ3v) is 6.05. The van der Waals surface area contributed by atoms with Gasteiger partial charge in [-0.1, -0.05) is 42.5 Å². The molecule has 0 saturated heterocycles. The maximum atomic E-state index is 14.1. The minimum atomic E-state index is -1.04. The summed E-state index contributed by atoms with van der Waals surface area (Å²) < 4.78 is 27.6. The van der Waals surface area contributed by atoms with Crippen molar-refractivity contribution < 1.29 is 28.3 Å². The van der Waals surface area contributed by atoms with Crippen LogP contribution >= 0.6 is 0 Å². The predicted molar refractivity (Wildman–Crippen MR) is 141 cm³/mol. The number of carbonyl (C=O) groups is 3. The van der Waals surface area contributed by atoms with Gasteiger partial charge in [0.25, 0.3) is 11.8 Å². The molecule has 0 spiro atoms. The molecule has 1 aromatic heterocycles. The summed E-state index contributed by atoms with van der Waals surface area (Å²) in [4.78, 5) is 43.7. The standard InChI is InChI=1S/C30H25F2N3O4/c31-22-11-12-27(32)21(16-22)18-34-29(38)25-9-3-1-7-23(25)24-8-2-4-10-26(24)30(39)35(15-13-28(36)37)19-20-6-5-14-33-17-20/h1-12,14,16-17H,13,15,18-19H2,(H,34,38)(H,36,37). The molecule has 1 heterocycles. The van der Waals surface area contributed by atoms with Gasteiger partial charge in [0.15, 0.2) is 0 Å². The number of carbonyl (C=O) groups excluding carboxylic acids is 2. The zero-order valence-electron chi connectivity index (χ0n) is 20.8. The van der Waals surface area contributed by atoms with Crippen LogP contribution in [0.5, 0.6) is 0 Å². The van der Waals surface area contributed by atoms with Gasteiger partial charge in [-0.25, -0.2) is 8.78 Å². The second-order valence-corrected chi connectivity index (χ2v) is 8.74. The summed E-state index contributed by atoms with van der Waals surface area (Å²) in [5, 5.41) is 11.9. The Morgan fingerprint density at radius 2 is 1.56 bits per heavy atom. The van der Waals surface area contributed by atoms with Crippen LogP contribution in [-0.4, -0.2) is 39.3 Å². The lowest BCUT2D eigenvalue weighted by molar-refractivity contribution is -0.137. The van der Waals surface area contributed by atoms with Gasteiger partial charge in [-0.05, 0) is 53.1 Å². The second kappa shape index (κ2) is 12.6. The molecule has 0 aliphatic heterocycles. The highest BCUT2D eigenvalue weighted by molar-refractivity contribution is 6.06. The zero-order chi connectivity index (χ0) is 27.8. The van der Waals surface area contributed by atoms with Crippen molar-refractivity contribution >= 4 is 17.8 Å². The summed E-state index contributed by atoms with van der Waals surface area (Å²) in [7, 11) is 0. The van der Waals surface area contributed by atoms with E-state index in [2.05, 4.69) is 10.3 Å². The Morgan fingerprint density at radius 3 is 2.26 bits per heavy atom. The maximum Gasteiger partial charge on any atom is 0.305 e. The van der Waals surface area contributed by atoms with Crippen LogP contribution in [0.2, 0.25) is 0 Å². The van der Waals surface area contributed by atoms with E-state index in [1.807, 2.05) is 0 Å². The Morgan fingerprint density at radius 1 is 0.872 bits per heavy atom. The van der Waals surface area contributed by atoms with Crippen molar-refractivity contribution in [2.45, 2.75) is 19.5 Å². The minimum Gasteiger partial charge on any atom is -0.481 e. The number of aromatic nitrogens is 1. The van der Waals surface area contributed by atoms with Crippen LogP contribution in [0.3, 0.4) is 0 Å². The van der Waals surface area contributed by atoms with Crippen molar-refractivity contribution in [3.05, 3.63) is 125 Å². The first-order chi connectivity index (χ1) is 18.8. The molecule has 7 nitrogen and oxygen atoms in total. The van der Waals surface area contributed by atoms with Gasteiger partial charge < -0.3 is 15.3 Å². The molecule has 0 unspecified atom stereocenters. The molecule has 0 aliphatic carbocycles. The molecule has 4 aromatic rings. The number of carboxylic acid groups (broad SMARTS) is 1. The van der Waals surface area contributed by atoms with Crippen molar-refractivity contribution in [3.8, 4) is 11.1 Å². The van der Waals surface area contributed by atoms with Gasteiger partial charge in [-0.3, -0.25) is 19.4 Å². The van der Waals surface area contributed by atoms with Gasteiger partial charge in [0.1, 0.15) is 11.6 Å². The topological polar surface area (TPSA) is 99.6 Å². The number of benzene rings is 3. The van der Waals surface area contributed by atoms with E-state index in [9.17, 15) is 28.3 Å². The number of nitrogens with zero attached hydrogens (tertiary/aromatic N) is 2. The Kier molecular flexibility index (Phi) is 8.73. The molecule has 0 saturated carbocycles. The summed E-state index contributed by atoms with van der Waals surface area (Å²) in [5.41, 5.74) is 2.18. The lowest BCUT2D eigenvalue weighted by Crippen LogP contribution is -2.33. The lowest BCUT2D eigenvalue weighted by Gasteiger charge is -2.24. The number of halogens is 2. The van der Waals surface area contributed by atoms with Crippen molar-refractivity contribution in [3.63, 3.8) is 0 Å². The SMILES string of the molecule is O=C(O)CCN(Cc1cccnc1)C(=O)c1ccccc1-c1ccccc1C(=O)NCc1cc(F)ccc1F. The lowest BCUT2D eigenvalue weighted by atomic mass is 9.94. The number of carboxylic acids is 1.